The lowest BCUT2D eigenvalue weighted by Gasteiger charge is -2.30. The summed E-state index contributed by atoms with van der Waals surface area (Å²) in [6.45, 7) is 0.463. The fraction of sp³-hybridized carbons (Fsp3) is 0.200. The third-order valence-corrected chi connectivity index (χ3v) is 3.85. The number of aromatic nitrogens is 1. The molecule has 1 aliphatic heterocycles. The van der Waals surface area contributed by atoms with Gasteiger partial charge in [0.1, 0.15) is 11.0 Å². The standard InChI is InChI=1S/C15H11Cl2FN2O/c16-11-6-9-2-1-5-20(14(9)12(18)8-11)15(21)10-3-4-19-13(17)7-10/h3-4,6-8H,1-2,5H2. The predicted molar refractivity (Wildman–Crippen MR) is 80.7 cm³/mol. The lowest BCUT2D eigenvalue weighted by atomic mass is 10.0. The molecule has 2 aromatic rings. The SMILES string of the molecule is O=C(c1ccnc(Cl)c1)N1CCCc2cc(Cl)cc(F)c21. The minimum Gasteiger partial charge on any atom is -0.305 e. The fourth-order valence-electron chi connectivity index (χ4n) is 2.55. The highest BCUT2D eigenvalue weighted by Crippen LogP contribution is 2.33. The molecule has 21 heavy (non-hydrogen) atoms. The smallest absolute Gasteiger partial charge is 0.258 e. The number of amides is 1. The zero-order chi connectivity index (χ0) is 15.0. The molecule has 0 saturated heterocycles. The van der Waals surface area contributed by atoms with Gasteiger partial charge >= 0.3 is 0 Å². The maximum atomic E-state index is 14.2. The molecule has 108 valence electrons. The van der Waals surface area contributed by atoms with Gasteiger partial charge in [-0.3, -0.25) is 4.79 Å². The van der Waals surface area contributed by atoms with E-state index in [1.807, 2.05) is 0 Å². The van der Waals surface area contributed by atoms with E-state index >= 15 is 0 Å². The molecule has 1 aromatic heterocycles. The lowest BCUT2D eigenvalue weighted by molar-refractivity contribution is 0.0984. The van der Waals surface area contributed by atoms with Crippen molar-refractivity contribution < 1.29 is 9.18 Å². The maximum absolute atomic E-state index is 14.2. The zero-order valence-electron chi connectivity index (χ0n) is 10.9. The summed E-state index contributed by atoms with van der Waals surface area (Å²) >= 11 is 11.7. The van der Waals surface area contributed by atoms with Gasteiger partial charge in [0.25, 0.3) is 5.91 Å². The molecule has 1 amide bonds. The molecule has 0 fully saturated rings. The van der Waals surface area contributed by atoms with Gasteiger partial charge in [-0.1, -0.05) is 23.2 Å². The average molecular weight is 325 g/mol. The molecule has 0 unspecified atom stereocenters. The van der Waals surface area contributed by atoms with Crippen LogP contribution in [0.25, 0.3) is 0 Å². The minimum atomic E-state index is -0.481. The van der Waals surface area contributed by atoms with Crippen molar-refractivity contribution in [3.63, 3.8) is 0 Å². The van der Waals surface area contributed by atoms with Crippen LogP contribution in [0.1, 0.15) is 22.3 Å². The van der Waals surface area contributed by atoms with Crippen molar-refractivity contribution >= 4 is 34.8 Å². The number of fused-ring (bicyclic) bond motifs is 1. The third kappa shape index (κ3) is 2.74. The largest absolute Gasteiger partial charge is 0.305 e. The molecule has 3 rings (SSSR count). The van der Waals surface area contributed by atoms with Crippen molar-refractivity contribution in [2.45, 2.75) is 12.8 Å². The Morgan fingerprint density at radius 2 is 2.10 bits per heavy atom. The molecule has 0 spiro atoms. The number of nitrogens with zero attached hydrogens (tertiary/aromatic N) is 2. The number of aryl methyl sites for hydroxylation is 1. The second-order valence-corrected chi connectivity index (χ2v) is 5.65. The van der Waals surface area contributed by atoms with E-state index in [-0.39, 0.29) is 11.1 Å². The molecule has 0 radical (unpaired) electrons. The first kappa shape index (κ1) is 14.3. The Morgan fingerprint density at radius 1 is 1.29 bits per heavy atom. The van der Waals surface area contributed by atoms with Crippen molar-refractivity contribution in [3.8, 4) is 0 Å². The van der Waals surface area contributed by atoms with Crippen molar-refractivity contribution in [1.82, 2.24) is 4.98 Å². The van der Waals surface area contributed by atoms with E-state index in [2.05, 4.69) is 4.98 Å². The maximum Gasteiger partial charge on any atom is 0.258 e. The molecular formula is C15H11Cl2FN2O. The highest BCUT2D eigenvalue weighted by Gasteiger charge is 2.27. The first-order valence-electron chi connectivity index (χ1n) is 6.47. The number of hydrogen-bond acceptors (Lipinski definition) is 2. The number of halogens is 3. The van der Waals surface area contributed by atoms with E-state index in [9.17, 15) is 9.18 Å². The number of anilines is 1. The summed E-state index contributed by atoms with van der Waals surface area (Å²) < 4.78 is 14.2. The number of carbonyl (C=O) groups is 1. The molecule has 0 bridgehead atoms. The summed E-state index contributed by atoms with van der Waals surface area (Å²) in [6, 6.07) is 5.98. The second-order valence-electron chi connectivity index (χ2n) is 4.82. The number of hydrogen-bond donors (Lipinski definition) is 0. The third-order valence-electron chi connectivity index (χ3n) is 3.42. The Hall–Kier alpha value is -1.65. The van der Waals surface area contributed by atoms with Gasteiger partial charge in [0, 0.05) is 23.3 Å². The topological polar surface area (TPSA) is 33.2 Å². The molecule has 2 heterocycles. The number of rotatable bonds is 1. The highest BCUT2D eigenvalue weighted by molar-refractivity contribution is 6.31. The van der Waals surface area contributed by atoms with Crippen LogP contribution in [0.5, 0.6) is 0 Å². The van der Waals surface area contributed by atoms with Gasteiger partial charge in [-0.15, -0.1) is 0 Å². The first-order valence-corrected chi connectivity index (χ1v) is 7.23. The van der Waals surface area contributed by atoms with E-state index in [0.29, 0.717) is 29.2 Å². The van der Waals surface area contributed by atoms with Crippen LogP contribution in [0.4, 0.5) is 10.1 Å². The number of carbonyl (C=O) groups excluding carboxylic acids is 1. The van der Waals surface area contributed by atoms with Gasteiger partial charge in [0.15, 0.2) is 0 Å². The van der Waals surface area contributed by atoms with Gasteiger partial charge in [-0.2, -0.15) is 0 Å². The molecular weight excluding hydrogens is 314 g/mol. The summed E-state index contributed by atoms with van der Waals surface area (Å²) in [5.41, 5.74) is 1.44. The Balaban J connectivity index is 2.04. The Bertz CT molecular complexity index is 721. The van der Waals surface area contributed by atoms with Crippen LogP contribution in [0.2, 0.25) is 10.2 Å². The van der Waals surface area contributed by atoms with Crippen LogP contribution >= 0.6 is 23.2 Å². The quantitative estimate of drug-likeness (QED) is 0.739. The lowest BCUT2D eigenvalue weighted by Crippen LogP contribution is -2.36. The molecule has 3 nitrogen and oxygen atoms in total. The molecule has 1 aromatic carbocycles. The van der Waals surface area contributed by atoms with Gasteiger partial charge in [-0.05, 0) is 42.7 Å². The highest BCUT2D eigenvalue weighted by atomic mass is 35.5. The van der Waals surface area contributed by atoms with Gasteiger partial charge in [-0.25, -0.2) is 9.37 Å². The molecule has 0 aliphatic carbocycles. The van der Waals surface area contributed by atoms with Gasteiger partial charge < -0.3 is 4.90 Å². The Morgan fingerprint density at radius 3 is 2.86 bits per heavy atom. The van der Waals surface area contributed by atoms with Crippen LogP contribution in [-0.2, 0) is 6.42 Å². The summed E-state index contributed by atoms with van der Waals surface area (Å²) in [7, 11) is 0. The number of pyridine rings is 1. The molecule has 6 heteroatoms. The molecule has 1 aliphatic rings. The monoisotopic (exact) mass is 324 g/mol. The fourth-order valence-corrected chi connectivity index (χ4v) is 2.95. The second kappa shape index (κ2) is 5.62. The van der Waals surface area contributed by atoms with E-state index in [1.165, 1.54) is 23.2 Å². The first-order chi connectivity index (χ1) is 10.1. The minimum absolute atomic E-state index is 0.231. The van der Waals surface area contributed by atoms with E-state index in [0.717, 1.165) is 12.0 Å². The van der Waals surface area contributed by atoms with Crippen molar-refractivity contribution in [1.29, 1.82) is 0 Å². The van der Waals surface area contributed by atoms with Crippen molar-refractivity contribution in [2.75, 3.05) is 11.4 Å². The molecule has 0 saturated carbocycles. The Kier molecular flexibility index (Phi) is 3.83. The van der Waals surface area contributed by atoms with Gasteiger partial charge in [0.2, 0.25) is 0 Å². The molecule has 0 N–H and O–H groups in total. The van der Waals surface area contributed by atoms with Gasteiger partial charge in [0.05, 0.1) is 5.69 Å². The average Bonchev–Trinajstić information content (AvgIpc) is 2.45. The summed E-state index contributed by atoms with van der Waals surface area (Å²) in [4.78, 5) is 17.9. The zero-order valence-corrected chi connectivity index (χ0v) is 12.5. The summed E-state index contributed by atoms with van der Waals surface area (Å²) in [5, 5.41) is 0.571. The van der Waals surface area contributed by atoms with Crippen molar-refractivity contribution in [2.24, 2.45) is 0 Å². The van der Waals surface area contributed by atoms with E-state index < -0.39 is 5.82 Å². The summed E-state index contributed by atoms with van der Waals surface area (Å²) in [5.74, 6) is -0.771. The molecule has 0 atom stereocenters. The predicted octanol–water partition coefficient (Wildman–Crippen LogP) is 4.12. The van der Waals surface area contributed by atoms with E-state index in [4.69, 9.17) is 23.2 Å². The van der Waals surface area contributed by atoms with Crippen LogP contribution < -0.4 is 4.90 Å². The van der Waals surface area contributed by atoms with Crippen molar-refractivity contribution in [3.05, 3.63) is 57.6 Å². The van der Waals surface area contributed by atoms with E-state index in [1.54, 1.807) is 12.1 Å². The number of benzene rings is 1. The van der Waals surface area contributed by atoms with Crippen LogP contribution in [-0.4, -0.2) is 17.4 Å². The Labute approximate surface area is 131 Å². The van der Waals surface area contributed by atoms with Crippen LogP contribution in [0, 0.1) is 5.82 Å². The van der Waals surface area contributed by atoms with Crippen LogP contribution in [0.15, 0.2) is 30.5 Å². The normalized spacial score (nSPS) is 14.0. The van der Waals surface area contributed by atoms with Crippen LogP contribution in [0.3, 0.4) is 0 Å². The summed E-state index contributed by atoms with van der Waals surface area (Å²) in [6.07, 6.45) is 2.92.